The zero-order chi connectivity index (χ0) is 19.7. The molecule has 0 spiro atoms. The quantitative estimate of drug-likeness (QED) is 0.273. The van der Waals surface area contributed by atoms with Crippen LogP contribution in [0.1, 0.15) is 26.7 Å². The van der Waals surface area contributed by atoms with Crippen LogP contribution in [0, 0.1) is 11.3 Å². The van der Waals surface area contributed by atoms with Crippen molar-refractivity contribution in [3.8, 4) is 5.75 Å². The van der Waals surface area contributed by atoms with E-state index in [0.29, 0.717) is 24.6 Å². The summed E-state index contributed by atoms with van der Waals surface area (Å²) < 4.78 is 11.4. The van der Waals surface area contributed by atoms with E-state index in [1.807, 2.05) is 29.2 Å². The van der Waals surface area contributed by atoms with Crippen LogP contribution in [-0.4, -0.2) is 57.4 Å². The lowest BCUT2D eigenvalue weighted by Crippen LogP contribution is -2.68. The molecule has 0 aromatic heterocycles. The molecule has 8 heteroatoms. The van der Waals surface area contributed by atoms with Crippen molar-refractivity contribution in [1.29, 1.82) is 0 Å². The number of halogens is 1. The van der Waals surface area contributed by atoms with Crippen LogP contribution >= 0.6 is 24.0 Å². The highest BCUT2D eigenvalue weighted by atomic mass is 127. The van der Waals surface area contributed by atoms with Gasteiger partial charge in [0, 0.05) is 44.1 Å². The Morgan fingerprint density at radius 3 is 2.93 bits per heavy atom. The number of guanidine groups is 1. The molecule has 29 heavy (non-hydrogen) atoms. The number of benzene rings is 1. The molecule has 1 aliphatic carbocycles. The number of rotatable bonds is 5. The van der Waals surface area contributed by atoms with Crippen molar-refractivity contribution in [3.05, 3.63) is 24.3 Å². The Kier molecular flexibility index (Phi) is 6.93. The van der Waals surface area contributed by atoms with E-state index in [0.717, 1.165) is 43.4 Å². The van der Waals surface area contributed by atoms with Crippen molar-refractivity contribution in [1.82, 2.24) is 10.6 Å². The molecule has 2 N–H and O–H groups in total. The lowest BCUT2D eigenvalue weighted by molar-refractivity contribution is -0.121. The molecule has 1 amide bonds. The number of carbonyl (C=O) groups excluding carboxylic acids is 1. The van der Waals surface area contributed by atoms with Crippen LogP contribution in [0.15, 0.2) is 29.3 Å². The molecular weight excluding hydrogens is 483 g/mol. The minimum atomic E-state index is 0. The zero-order valence-electron chi connectivity index (χ0n) is 17.3. The average molecular weight is 514 g/mol. The second-order valence-electron chi connectivity index (χ2n) is 8.34. The summed E-state index contributed by atoms with van der Waals surface area (Å²) in [6.07, 6.45) is 2.29. The molecule has 1 saturated carbocycles. The van der Waals surface area contributed by atoms with Gasteiger partial charge in [0.15, 0.2) is 12.6 Å². The van der Waals surface area contributed by atoms with Crippen LogP contribution in [0.4, 0.5) is 5.69 Å². The Labute approximate surface area is 189 Å². The van der Waals surface area contributed by atoms with Gasteiger partial charge in [-0.15, -0.1) is 24.0 Å². The van der Waals surface area contributed by atoms with Gasteiger partial charge < -0.3 is 25.0 Å². The summed E-state index contributed by atoms with van der Waals surface area (Å²) in [5, 5.41) is 6.98. The summed E-state index contributed by atoms with van der Waals surface area (Å²) in [5.41, 5.74) is 0.965. The van der Waals surface area contributed by atoms with E-state index in [9.17, 15) is 4.79 Å². The van der Waals surface area contributed by atoms with Gasteiger partial charge in [0.2, 0.25) is 0 Å². The number of nitrogens with one attached hydrogen (secondary N) is 2. The number of nitrogens with zero attached hydrogens (tertiary/aromatic N) is 2. The van der Waals surface area contributed by atoms with E-state index >= 15 is 0 Å². The van der Waals surface area contributed by atoms with Gasteiger partial charge in [-0.25, -0.2) is 0 Å². The van der Waals surface area contributed by atoms with Gasteiger partial charge in [-0.2, -0.15) is 0 Å². The fraction of sp³-hybridized carbons (Fsp3) is 0.619. The number of amides is 1. The van der Waals surface area contributed by atoms with Crippen LogP contribution in [0.2, 0.25) is 0 Å². The molecule has 0 bridgehead atoms. The van der Waals surface area contributed by atoms with Crippen LogP contribution < -0.4 is 20.3 Å². The highest BCUT2D eigenvalue weighted by Crippen LogP contribution is 2.52. The van der Waals surface area contributed by atoms with Gasteiger partial charge in [-0.05, 0) is 25.0 Å². The maximum Gasteiger partial charge on any atom is 0.265 e. The van der Waals surface area contributed by atoms with Crippen LogP contribution in [0.25, 0.3) is 0 Å². The van der Waals surface area contributed by atoms with E-state index in [1.54, 1.807) is 7.05 Å². The van der Waals surface area contributed by atoms with E-state index in [-0.39, 0.29) is 41.9 Å². The number of para-hydroxylation sites is 2. The minimum absolute atomic E-state index is 0. The number of aliphatic imine (C=N–C) groups is 1. The molecule has 1 aromatic carbocycles. The first kappa shape index (κ1) is 22.1. The van der Waals surface area contributed by atoms with Crippen molar-refractivity contribution in [3.63, 3.8) is 0 Å². The molecule has 1 aromatic rings. The number of fused-ring (bicyclic) bond motifs is 2. The molecule has 3 atom stereocenters. The van der Waals surface area contributed by atoms with E-state index in [4.69, 9.17) is 9.47 Å². The Morgan fingerprint density at radius 2 is 2.14 bits per heavy atom. The van der Waals surface area contributed by atoms with Gasteiger partial charge in [0.1, 0.15) is 5.75 Å². The number of carbonyl (C=O) groups is 1. The zero-order valence-corrected chi connectivity index (χ0v) is 19.6. The molecule has 7 nitrogen and oxygen atoms in total. The summed E-state index contributed by atoms with van der Waals surface area (Å²) in [4.78, 5) is 18.4. The number of hydrogen-bond donors (Lipinski definition) is 2. The monoisotopic (exact) mass is 514 g/mol. The number of hydrogen-bond acceptors (Lipinski definition) is 4. The largest absolute Gasteiger partial charge is 0.482 e. The Morgan fingerprint density at radius 1 is 1.34 bits per heavy atom. The Hall–Kier alpha value is -1.55. The summed E-state index contributed by atoms with van der Waals surface area (Å²) in [6.45, 7) is 6.87. The Bertz CT molecular complexity index is 770. The summed E-state index contributed by atoms with van der Waals surface area (Å²) >= 11 is 0. The molecule has 160 valence electrons. The number of ether oxygens (including phenoxy) is 2. The van der Waals surface area contributed by atoms with E-state index in [1.165, 1.54) is 0 Å². The third kappa shape index (κ3) is 4.19. The van der Waals surface area contributed by atoms with Crippen molar-refractivity contribution in [2.24, 2.45) is 16.3 Å². The van der Waals surface area contributed by atoms with Gasteiger partial charge in [0.25, 0.3) is 5.91 Å². The summed E-state index contributed by atoms with van der Waals surface area (Å²) in [5.74, 6) is 2.16. The van der Waals surface area contributed by atoms with Gasteiger partial charge in [-0.3, -0.25) is 9.79 Å². The van der Waals surface area contributed by atoms with Crippen LogP contribution in [0.3, 0.4) is 0 Å². The Balaban J connectivity index is 0.00000240. The van der Waals surface area contributed by atoms with Gasteiger partial charge in [0.05, 0.1) is 11.8 Å². The second-order valence-corrected chi connectivity index (χ2v) is 8.34. The van der Waals surface area contributed by atoms with Crippen molar-refractivity contribution in [2.75, 3.05) is 38.3 Å². The molecule has 3 aliphatic rings. The molecular formula is C21H31IN4O3. The summed E-state index contributed by atoms with van der Waals surface area (Å²) in [6, 6.07) is 8.06. The van der Waals surface area contributed by atoms with E-state index < -0.39 is 0 Å². The van der Waals surface area contributed by atoms with E-state index in [2.05, 4.69) is 29.5 Å². The standard InChI is InChI=1S/C21H30N4O3.HI/c1-21(2)18(14-9-12-27-19(14)21)24-20(22-3)23-10-6-11-25-15-7-4-5-8-16(15)28-13-17(25)26;/h4-5,7-8,14,18-19H,6,9-13H2,1-3H3,(H2,22,23,24);1H. The first-order valence-corrected chi connectivity index (χ1v) is 10.1. The first-order chi connectivity index (χ1) is 13.5. The molecule has 0 radical (unpaired) electrons. The number of anilines is 1. The molecule has 2 aliphatic heterocycles. The highest BCUT2D eigenvalue weighted by molar-refractivity contribution is 14.0. The molecule has 3 unspecified atom stereocenters. The second kappa shape index (κ2) is 9.07. The third-order valence-electron chi connectivity index (χ3n) is 6.28. The minimum Gasteiger partial charge on any atom is -0.482 e. The maximum absolute atomic E-state index is 12.2. The SMILES string of the molecule is CN=C(NCCCN1C(=O)COc2ccccc21)NC1C2CCOC2C1(C)C.I. The predicted molar refractivity (Wildman–Crippen MR) is 124 cm³/mol. The van der Waals surface area contributed by atoms with Crippen molar-refractivity contribution < 1.29 is 14.3 Å². The van der Waals surface area contributed by atoms with Gasteiger partial charge in [-0.1, -0.05) is 26.0 Å². The predicted octanol–water partition coefficient (Wildman–Crippen LogP) is 2.40. The van der Waals surface area contributed by atoms with Crippen molar-refractivity contribution >= 4 is 41.5 Å². The molecule has 4 rings (SSSR count). The average Bonchev–Trinajstić information content (AvgIpc) is 3.16. The fourth-order valence-electron chi connectivity index (χ4n) is 4.80. The highest BCUT2D eigenvalue weighted by Gasteiger charge is 2.59. The first-order valence-electron chi connectivity index (χ1n) is 10.1. The smallest absolute Gasteiger partial charge is 0.265 e. The topological polar surface area (TPSA) is 75.2 Å². The van der Waals surface area contributed by atoms with Crippen LogP contribution in [-0.2, 0) is 9.53 Å². The van der Waals surface area contributed by atoms with Gasteiger partial charge >= 0.3 is 0 Å². The molecule has 2 fully saturated rings. The lowest BCUT2D eigenvalue weighted by atomic mass is 9.57. The third-order valence-corrected chi connectivity index (χ3v) is 6.28. The lowest BCUT2D eigenvalue weighted by Gasteiger charge is -2.54. The molecule has 2 heterocycles. The van der Waals surface area contributed by atoms with Crippen LogP contribution in [0.5, 0.6) is 5.75 Å². The fourth-order valence-corrected chi connectivity index (χ4v) is 4.80. The summed E-state index contributed by atoms with van der Waals surface area (Å²) in [7, 11) is 1.80. The molecule has 1 saturated heterocycles. The maximum atomic E-state index is 12.2. The normalized spacial score (nSPS) is 27.1. The van der Waals surface area contributed by atoms with Crippen molar-refractivity contribution in [2.45, 2.75) is 38.8 Å².